The third kappa shape index (κ3) is 2.99. The number of aromatic nitrogens is 1. The molecular formula is C14H22N2O3. The molecule has 0 N–H and O–H groups in total. The summed E-state index contributed by atoms with van der Waals surface area (Å²) < 4.78 is 16.6. The Bertz CT molecular complexity index is 417. The van der Waals surface area contributed by atoms with Gasteiger partial charge in [-0.05, 0) is 19.3 Å². The molecule has 5 nitrogen and oxygen atoms in total. The van der Waals surface area contributed by atoms with Gasteiger partial charge in [0.2, 0.25) is 5.89 Å². The van der Waals surface area contributed by atoms with Crippen LogP contribution in [0, 0.1) is 0 Å². The number of ether oxygens (including phenoxy) is 2. The van der Waals surface area contributed by atoms with Crippen molar-refractivity contribution in [2.24, 2.45) is 0 Å². The summed E-state index contributed by atoms with van der Waals surface area (Å²) in [5, 5.41) is 0. The smallest absolute Gasteiger partial charge is 0.208 e. The first kappa shape index (κ1) is 13.1. The molecule has 1 saturated heterocycles. The van der Waals surface area contributed by atoms with Gasteiger partial charge in [-0.3, -0.25) is 4.90 Å². The Hall–Kier alpha value is -0.910. The van der Waals surface area contributed by atoms with Gasteiger partial charge < -0.3 is 13.9 Å². The summed E-state index contributed by atoms with van der Waals surface area (Å²) >= 11 is 0. The standard InChI is InChI=1S/C14H22N2O3/c1-17-9-11-5-12(18-2)7-16(11)8-14-15-6-13(19-14)10-3-4-10/h6,10-12H,3-5,7-9H2,1-2H3/t11-,12+/m0/s1. The Kier molecular flexibility index (Phi) is 3.86. The van der Waals surface area contributed by atoms with Crippen molar-refractivity contribution < 1.29 is 13.9 Å². The molecule has 3 rings (SSSR count). The first-order valence-corrected chi connectivity index (χ1v) is 7.00. The fourth-order valence-corrected chi connectivity index (χ4v) is 2.80. The highest BCUT2D eigenvalue weighted by molar-refractivity contribution is 5.08. The SMILES string of the molecule is COC[C@@H]1C[C@@H](OC)CN1Cc1ncc(C2CC2)o1. The van der Waals surface area contributed by atoms with E-state index in [-0.39, 0.29) is 6.10 Å². The third-order valence-corrected chi connectivity index (χ3v) is 4.07. The zero-order valence-corrected chi connectivity index (χ0v) is 11.7. The van der Waals surface area contributed by atoms with Crippen LogP contribution < -0.4 is 0 Å². The molecule has 5 heteroatoms. The molecule has 0 amide bonds. The van der Waals surface area contributed by atoms with Gasteiger partial charge in [0, 0.05) is 32.7 Å². The Balaban J connectivity index is 1.62. The number of hydrogen-bond donors (Lipinski definition) is 0. The number of rotatable bonds is 6. The molecule has 2 atom stereocenters. The maximum atomic E-state index is 5.83. The lowest BCUT2D eigenvalue weighted by Crippen LogP contribution is -2.32. The zero-order chi connectivity index (χ0) is 13.2. The monoisotopic (exact) mass is 266 g/mol. The van der Waals surface area contributed by atoms with Crippen molar-refractivity contribution in [3.63, 3.8) is 0 Å². The number of oxazole rings is 1. The van der Waals surface area contributed by atoms with Crippen molar-refractivity contribution in [3.05, 3.63) is 17.8 Å². The van der Waals surface area contributed by atoms with Crippen LogP contribution in [-0.4, -0.2) is 49.4 Å². The predicted molar refractivity (Wildman–Crippen MR) is 70.0 cm³/mol. The Morgan fingerprint density at radius 1 is 1.42 bits per heavy atom. The molecule has 0 radical (unpaired) electrons. The summed E-state index contributed by atoms with van der Waals surface area (Å²) in [6.45, 7) is 2.41. The minimum Gasteiger partial charge on any atom is -0.444 e. The topological polar surface area (TPSA) is 47.7 Å². The number of methoxy groups -OCH3 is 2. The normalized spacial score (nSPS) is 28.1. The van der Waals surface area contributed by atoms with Crippen LogP contribution in [0.3, 0.4) is 0 Å². The molecule has 1 aromatic heterocycles. The van der Waals surface area contributed by atoms with Crippen LogP contribution in [0.5, 0.6) is 0 Å². The van der Waals surface area contributed by atoms with Crippen molar-refractivity contribution in [3.8, 4) is 0 Å². The van der Waals surface area contributed by atoms with E-state index >= 15 is 0 Å². The number of likely N-dealkylation sites (tertiary alicyclic amines) is 1. The molecule has 2 heterocycles. The molecule has 2 aliphatic rings. The van der Waals surface area contributed by atoms with Crippen molar-refractivity contribution in [1.29, 1.82) is 0 Å². The molecule has 19 heavy (non-hydrogen) atoms. The highest BCUT2D eigenvalue weighted by Gasteiger charge is 2.33. The summed E-state index contributed by atoms with van der Waals surface area (Å²) in [6, 6.07) is 0.395. The number of hydrogen-bond acceptors (Lipinski definition) is 5. The van der Waals surface area contributed by atoms with E-state index in [1.54, 1.807) is 14.2 Å². The Morgan fingerprint density at radius 2 is 2.26 bits per heavy atom. The molecule has 0 bridgehead atoms. The summed E-state index contributed by atoms with van der Waals surface area (Å²) in [4.78, 5) is 6.74. The highest BCUT2D eigenvalue weighted by Crippen LogP contribution is 2.40. The van der Waals surface area contributed by atoms with E-state index in [0.717, 1.165) is 37.8 Å². The van der Waals surface area contributed by atoms with E-state index in [9.17, 15) is 0 Å². The van der Waals surface area contributed by atoms with Crippen LogP contribution in [0.15, 0.2) is 10.6 Å². The van der Waals surface area contributed by atoms with Crippen LogP contribution >= 0.6 is 0 Å². The first-order chi connectivity index (χ1) is 9.30. The average molecular weight is 266 g/mol. The Labute approximate surface area is 113 Å². The van der Waals surface area contributed by atoms with Gasteiger partial charge in [-0.15, -0.1) is 0 Å². The lowest BCUT2D eigenvalue weighted by molar-refractivity contribution is 0.101. The van der Waals surface area contributed by atoms with Crippen LogP contribution in [0.1, 0.15) is 36.8 Å². The van der Waals surface area contributed by atoms with Crippen molar-refractivity contribution in [2.75, 3.05) is 27.4 Å². The maximum Gasteiger partial charge on any atom is 0.208 e. The van der Waals surface area contributed by atoms with E-state index in [4.69, 9.17) is 13.9 Å². The predicted octanol–water partition coefficient (Wildman–Crippen LogP) is 1.79. The Morgan fingerprint density at radius 3 is 2.95 bits per heavy atom. The first-order valence-electron chi connectivity index (χ1n) is 7.00. The molecule has 1 aliphatic carbocycles. The maximum absolute atomic E-state index is 5.83. The largest absolute Gasteiger partial charge is 0.444 e. The minimum absolute atomic E-state index is 0.290. The summed E-state index contributed by atoms with van der Waals surface area (Å²) in [5.74, 6) is 2.50. The molecule has 0 spiro atoms. The van der Waals surface area contributed by atoms with E-state index in [2.05, 4.69) is 9.88 Å². The molecule has 2 fully saturated rings. The molecule has 0 unspecified atom stereocenters. The molecule has 0 aromatic carbocycles. The minimum atomic E-state index is 0.290. The fourth-order valence-electron chi connectivity index (χ4n) is 2.80. The van der Waals surface area contributed by atoms with Crippen LogP contribution in [0.2, 0.25) is 0 Å². The molecule has 1 saturated carbocycles. The molecular weight excluding hydrogens is 244 g/mol. The number of nitrogens with zero attached hydrogens (tertiary/aromatic N) is 2. The summed E-state index contributed by atoms with van der Waals surface area (Å²) in [6.07, 6.45) is 5.69. The lowest BCUT2D eigenvalue weighted by Gasteiger charge is -2.21. The third-order valence-electron chi connectivity index (χ3n) is 4.07. The quantitative estimate of drug-likeness (QED) is 0.785. The van der Waals surface area contributed by atoms with Crippen molar-refractivity contribution in [2.45, 2.75) is 43.9 Å². The molecule has 1 aliphatic heterocycles. The van der Waals surface area contributed by atoms with Gasteiger partial charge >= 0.3 is 0 Å². The van der Waals surface area contributed by atoms with Crippen LogP contribution in [0.4, 0.5) is 0 Å². The lowest BCUT2D eigenvalue weighted by atomic mass is 10.2. The second-order valence-electron chi connectivity index (χ2n) is 5.56. The van der Waals surface area contributed by atoms with Gasteiger partial charge in [0.15, 0.2) is 0 Å². The van der Waals surface area contributed by atoms with Gasteiger partial charge in [0.1, 0.15) is 5.76 Å². The van der Waals surface area contributed by atoms with E-state index < -0.39 is 0 Å². The van der Waals surface area contributed by atoms with E-state index in [1.165, 1.54) is 12.8 Å². The van der Waals surface area contributed by atoms with Gasteiger partial charge in [-0.1, -0.05) is 0 Å². The summed E-state index contributed by atoms with van der Waals surface area (Å²) in [7, 11) is 3.52. The zero-order valence-electron chi connectivity index (χ0n) is 11.7. The second kappa shape index (κ2) is 5.61. The van der Waals surface area contributed by atoms with Crippen molar-refractivity contribution >= 4 is 0 Å². The fraction of sp³-hybridized carbons (Fsp3) is 0.786. The summed E-state index contributed by atoms with van der Waals surface area (Å²) in [5.41, 5.74) is 0. The molecule has 1 aromatic rings. The van der Waals surface area contributed by atoms with Gasteiger partial charge in [0.05, 0.1) is 25.5 Å². The van der Waals surface area contributed by atoms with Crippen LogP contribution in [-0.2, 0) is 16.0 Å². The highest BCUT2D eigenvalue weighted by atomic mass is 16.5. The van der Waals surface area contributed by atoms with Gasteiger partial charge in [-0.2, -0.15) is 0 Å². The van der Waals surface area contributed by atoms with E-state index in [1.807, 2.05) is 6.20 Å². The molecule has 106 valence electrons. The van der Waals surface area contributed by atoms with Gasteiger partial charge in [-0.25, -0.2) is 4.98 Å². The average Bonchev–Trinajstić information content (AvgIpc) is 3.05. The second-order valence-corrected chi connectivity index (χ2v) is 5.56. The van der Waals surface area contributed by atoms with Gasteiger partial charge in [0.25, 0.3) is 0 Å². The van der Waals surface area contributed by atoms with Crippen LogP contribution in [0.25, 0.3) is 0 Å². The van der Waals surface area contributed by atoms with Crippen molar-refractivity contribution in [1.82, 2.24) is 9.88 Å². The van der Waals surface area contributed by atoms with E-state index in [0.29, 0.717) is 12.0 Å².